The van der Waals surface area contributed by atoms with E-state index in [-0.39, 0.29) is 5.91 Å². The van der Waals surface area contributed by atoms with Crippen LogP contribution in [0.15, 0.2) is 24.3 Å². The predicted molar refractivity (Wildman–Crippen MR) is 60.9 cm³/mol. The Morgan fingerprint density at radius 2 is 2.07 bits per heavy atom. The van der Waals surface area contributed by atoms with Gasteiger partial charge in [0.15, 0.2) is 0 Å². The fourth-order valence-electron chi connectivity index (χ4n) is 1.91. The Kier molecular flexibility index (Phi) is 3.27. The first kappa shape index (κ1) is 10.5. The zero-order chi connectivity index (χ0) is 10.7. The Hall–Kier alpha value is -1.02. The smallest absolute Gasteiger partial charge is 0.220 e. The summed E-state index contributed by atoms with van der Waals surface area (Å²) < 4.78 is 0. The Balaban J connectivity index is 1.91. The van der Waals surface area contributed by atoms with Gasteiger partial charge in [0.25, 0.3) is 0 Å². The van der Waals surface area contributed by atoms with Crippen molar-refractivity contribution in [2.45, 2.75) is 19.3 Å². The molecule has 0 saturated carbocycles. The summed E-state index contributed by atoms with van der Waals surface area (Å²) in [6.07, 6.45) is 2.68. The molecular formula is C12H14ClNO. The predicted octanol–water partition coefficient (Wildman–Crippen LogP) is 2.41. The van der Waals surface area contributed by atoms with E-state index >= 15 is 0 Å². The molecule has 0 radical (unpaired) electrons. The number of nitrogens with one attached hydrogen (secondary N) is 1. The molecule has 1 aliphatic heterocycles. The van der Waals surface area contributed by atoms with Crippen LogP contribution in [0, 0.1) is 5.92 Å². The number of hydrogen-bond donors (Lipinski definition) is 1. The van der Waals surface area contributed by atoms with E-state index in [0.717, 1.165) is 24.4 Å². The summed E-state index contributed by atoms with van der Waals surface area (Å²) in [6.45, 7) is 0.807. The van der Waals surface area contributed by atoms with Crippen LogP contribution in [0.2, 0.25) is 5.02 Å². The van der Waals surface area contributed by atoms with Crippen LogP contribution in [0.4, 0.5) is 0 Å². The molecule has 1 saturated heterocycles. The first-order chi connectivity index (χ1) is 7.24. The maximum atomic E-state index is 11.0. The molecule has 1 amide bonds. The summed E-state index contributed by atoms with van der Waals surface area (Å²) >= 11 is 5.82. The molecule has 1 aliphatic rings. The standard InChI is InChI=1S/C12H14ClNO/c13-11-4-1-9(2-5-11)7-10-3-6-12(15)14-8-10/h1-2,4-5,10H,3,6-8H2,(H,14,15). The fraction of sp³-hybridized carbons (Fsp3) is 0.417. The van der Waals surface area contributed by atoms with Gasteiger partial charge in [-0.25, -0.2) is 0 Å². The number of carbonyl (C=O) groups is 1. The van der Waals surface area contributed by atoms with Gasteiger partial charge in [-0.2, -0.15) is 0 Å². The summed E-state index contributed by atoms with van der Waals surface area (Å²) in [5, 5.41) is 3.67. The van der Waals surface area contributed by atoms with Crippen LogP contribution in [0.3, 0.4) is 0 Å². The summed E-state index contributed by atoms with van der Waals surface area (Å²) in [6, 6.07) is 7.94. The molecule has 1 aromatic carbocycles. The fourth-order valence-corrected chi connectivity index (χ4v) is 2.04. The number of halogens is 1. The molecule has 0 aliphatic carbocycles. The van der Waals surface area contributed by atoms with E-state index in [4.69, 9.17) is 11.6 Å². The minimum absolute atomic E-state index is 0.183. The molecular weight excluding hydrogens is 210 g/mol. The average Bonchev–Trinajstić information content (AvgIpc) is 2.25. The molecule has 1 aromatic rings. The highest BCUT2D eigenvalue weighted by molar-refractivity contribution is 6.30. The van der Waals surface area contributed by atoms with Crippen molar-refractivity contribution >= 4 is 17.5 Å². The zero-order valence-corrected chi connectivity index (χ0v) is 9.26. The second-order valence-electron chi connectivity index (χ2n) is 4.04. The van der Waals surface area contributed by atoms with Gasteiger partial charge < -0.3 is 5.32 Å². The molecule has 1 heterocycles. The van der Waals surface area contributed by atoms with Crippen molar-refractivity contribution < 1.29 is 4.79 Å². The molecule has 15 heavy (non-hydrogen) atoms. The van der Waals surface area contributed by atoms with Gasteiger partial charge in [0.2, 0.25) is 5.91 Å². The van der Waals surface area contributed by atoms with Gasteiger partial charge in [-0.3, -0.25) is 4.79 Å². The van der Waals surface area contributed by atoms with Crippen molar-refractivity contribution in [2.24, 2.45) is 5.92 Å². The monoisotopic (exact) mass is 223 g/mol. The van der Waals surface area contributed by atoms with Gasteiger partial charge in [0.1, 0.15) is 0 Å². The summed E-state index contributed by atoms with van der Waals surface area (Å²) in [5.74, 6) is 0.756. The first-order valence-electron chi connectivity index (χ1n) is 5.25. The maximum absolute atomic E-state index is 11.0. The lowest BCUT2D eigenvalue weighted by molar-refractivity contribution is -0.122. The highest BCUT2D eigenvalue weighted by atomic mass is 35.5. The lowest BCUT2D eigenvalue weighted by atomic mass is 9.92. The van der Waals surface area contributed by atoms with E-state index in [9.17, 15) is 4.79 Å². The Morgan fingerprint density at radius 1 is 1.33 bits per heavy atom. The molecule has 80 valence electrons. The number of hydrogen-bond acceptors (Lipinski definition) is 1. The summed E-state index contributed by atoms with van der Waals surface area (Å²) in [5.41, 5.74) is 1.29. The van der Waals surface area contributed by atoms with Crippen molar-refractivity contribution in [3.05, 3.63) is 34.9 Å². The van der Waals surface area contributed by atoms with Crippen LogP contribution in [0.25, 0.3) is 0 Å². The van der Waals surface area contributed by atoms with E-state index in [2.05, 4.69) is 17.4 Å². The number of carbonyl (C=O) groups excluding carboxylic acids is 1. The van der Waals surface area contributed by atoms with Gasteiger partial charge in [-0.15, -0.1) is 0 Å². The van der Waals surface area contributed by atoms with E-state index in [1.54, 1.807) is 0 Å². The average molecular weight is 224 g/mol. The molecule has 1 unspecified atom stereocenters. The Bertz CT molecular complexity index is 337. The van der Waals surface area contributed by atoms with Gasteiger partial charge in [-0.05, 0) is 36.5 Å². The first-order valence-corrected chi connectivity index (χ1v) is 5.63. The van der Waals surface area contributed by atoms with Crippen molar-refractivity contribution in [2.75, 3.05) is 6.54 Å². The lowest BCUT2D eigenvalue weighted by Gasteiger charge is -2.22. The van der Waals surface area contributed by atoms with Crippen LogP contribution in [0.5, 0.6) is 0 Å². The van der Waals surface area contributed by atoms with E-state index in [0.29, 0.717) is 12.3 Å². The second-order valence-corrected chi connectivity index (χ2v) is 4.48. The third-order valence-electron chi connectivity index (χ3n) is 2.81. The summed E-state index contributed by atoms with van der Waals surface area (Å²) in [7, 11) is 0. The van der Waals surface area contributed by atoms with Crippen molar-refractivity contribution in [3.63, 3.8) is 0 Å². The highest BCUT2D eigenvalue weighted by Gasteiger charge is 2.17. The van der Waals surface area contributed by atoms with Crippen LogP contribution in [-0.2, 0) is 11.2 Å². The molecule has 1 N–H and O–H groups in total. The van der Waals surface area contributed by atoms with E-state index in [1.165, 1.54) is 5.56 Å². The minimum atomic E-state index is 0.183. The topological polar surface area (TPSA) is 29.1 Å². The molecule has 0 spiro atoms. The molecule has 0 bridgehead atoms. The van der Waals surface area contributed by atoms with Gasteiger partial charge >= 0.3 is 0 Å². The third-order valence-corrected chi connectivity index (χ3v) is 3.06. The number of rotatable bonds is 2. The van der Waals surface area contributed by atoms with Crippen molar-refractivity contribution in [3.8, 4) is 0 Å². The van der Waals surface area contributed by atoms with E-state index in [1.807, 2.05) is 12.1 Å². The molecule has 3 heteroatoms. The minimum Gasteiger partial charge on any atom is -0.356 e. The van der Waals surface area contributed by atoms with Gasteiger partial charge in [-0.1, -0.05) is 23.7 Å². The zero-order valence-electron chi connectivity index (χ0n) is 8.50. The number of amides is 1. The normalized spacial score (nSPS) is 21.1. The molecule has 2 rings (SSSR count). The molecule has 1 fully saturated rings. The number of benzene rings is 1. The Labute approximate surface area is 94.6 Å². The van der Waals surface area contributed by atoms with Gasteiger partial charge in [0.05, 0.1) is 0 Å². The molecule has 1 atom stereocenters. The van der Waals surface area contributed by atoms with Crippen molar-refractivity contribution in [1.82, 2.24) is 5.32 Å². The van der Waals surface area contributed by atoms with Gasteiger partial charge in [0, 0.05) is 18.0 Å². The SMILES string of the molecule is O=C1CCC(Cc2ccc(Cl)cc2)CN1. The Morgan fingerprint density at radius 3 is 2.67 bits per heavy atom. The van der Waals surface area contributed by atoms with Crippen LogP contribution < -0.4 is 5.32 Å². The second kappa shape index (κ2) is 4.67. The third kappa shape index (κ3) is 2.96. The molecule has 0 aromatic heterocycles. The summed E-state index contributed by atoms with van der Waals surface area (Å²) in [4.78, 5) is 11.0. The maximum Gasteiger partial charge on any atom is 0.220 e. The van der Waals surface area contributed by atoms with E-state index < -0.39 is 0 Å². The largest absolute Gasteiger partial charge is 0.356 e. The van der Waals surface area contributed by atoms with Crippen LogP contribution >= 0.6 is 11.6 Å². The van der Waals surface area contributed by atoms with Crippen LogP contribution in [-0.4, -0.2) is 12.5 Å². The quantitative estimate of drug-likeness (QED) is 0.820. The van der Waals surface area contributed by atoms with Crippen molar-refractivity contribution in [1.29, 1.82) is 0 Å². The highest BCUT2D eigenvalue weighted by Crippen LogP contribution is 2.18. The van der Waals surface area contributed by atoms with Crippen LogP contribution in [0.1, 0.15) is 18.4 Å². The lowest BCUT2D eigenvalue weighted by Crippen LogP contribution is -2.35. The number of piperidine rings is 1. The molecule has 2 nitrogen and oxygen atoms in total.